The fraction of sp³-hybridized carbons (Fsp3) is 0.435. The molecule has 0 spiro atoms. The Balaban J connectivity index is 0.000000336. The minimum Gasteiger partial charge on any atom is -0.387 e. The summed E-state index contributed by atoms with van der Waals surface area (Å²) in [6.07, 6.45) is 6.45. The fourth-order valence-electron chi connectivity index (χ4n) is 3.76. The quantitative estimate of drug-likeness (QED) is 0.528. The lowest BCUT2D eigenvalue weighted by atomic mass is 9.80. The van der Waals surface area contributed by atoms with Gasteiger partial charge in [-0.25, -0.2) is 13.9 Å². The highest BCUT2D eigenvalue weighted by Gasteiger charge is 2.41. The van der Waals surface area contributed by atoms with Crippen molar-refractivity contribution >= 4 is 17.2 Å². The second kappa shape index (κ2) is 9.70. The van der Waals surface area contributed by atoms with Gasteiger partial charge in [-0.2, -0.15) is 10.4 Å². The number of carbonyl (C=O) groups is 1. The highest BCUT2D eigenvalue weighted by molar-refractivity contribution is 5.98. The lowest BCUT2D eigenvalue weighted by molar-refractivity contribution is -0.0919. The van der Waals surface area contributed by atoms with Crippen molar-refractivity contribution in [3.63, 3.8) is 0 Å². The summed E-state index contributed by atoms with van der Waals surface area (Å²) >= 11 is 0. The number of hydrogen-bond acceptors (Lipinski definition) is 8. The van der Waals surface area contributed by atoms with Gasteiger partial charge in [0.05, 0.1) is 40.5 Å². The minimum absolute atomic E-state index is 0.200. The lowest BCUT2D eigenvalue weighted by Crippen LogP contribution is -2.45. The van der Waals surface area contributed by atoms with Crippen molar-refractivity contribution in [3.05, 3.63) is 41.9 Å². The van der Waals surface area contributed by atoms with Crippen LogP contribution >= 0.6 is 0 Å². The molecular formula is C23H26FN7O3. The van der Waals surface area contributed by atoms with E-state index in [0.29, 0.717) is 59.9 Å². The molecule has 0 radical (unpaired) electrons. The third-order valence-electron chi connectivity index (χ3n) is 6.08. The Labute approximate surface area is 195 Å². The minimum atomic E-state index is -0.986. The van der Waals surface area contributed by atoms with Gasteiger partial charge in [0.2, 0.25) is 0 Å². The van der Waals surface area contributed by atoms with E-state index >= 15 is 0 Å². The number of hydrogen-bond donors (Lipinski definition) is 3. The molecule has 3 aromatic heterocycles. The molecule has 11 heteroatoms. The van der Waals surface area contributed by atoms with Crippen LogP contribution in [0.4, 0.5) is 10.1 Å². The SMILES string of the molecule is CC1(O)CCC1F.N#Cc1cnn2c(-c3cc(NC4CCOCC4)c(C(N)=O)cn3)cnc2c1. The van der Waals surface area contributed by atoms with E-state index in [1.807, 2.05) is 6.07 Å². The summed E-state index contributed by atoms with van der Waals surface area (Å²) in [6.45, 7) is 2.89. The van der Waals surface area contributed by atoms with Crippen LogP contribution in [0, 0.1) is 11.3 Å². The number of anilines is 1. The largest absolute Gasteiger partial charge is 0.387 e. The van der Waals surface area contributed by atoms with Gasteiger partial charge in [0.25, 0.3) is 5.91 Å². The Morgan fingerprint density at radius 1 is 1.29 bits per heavy atom. The average molecular weight is 468 g/mol. The summed E-state index contributed by atoms with van der Waals surface area (Å²) in [5.41, 5.74) is 7.70. The van der Waals surface area contributed by atoms with Gasteiger partial charge in [-0.05, 0) is 38.7 Å². The number of aliphatic hydroxyl groups is 1. The van der Waals surface area contributed by atoms with Crippen molar-refractivity contribution in [2.75, 3.05) is 18.5 Å². The molecule has 1 aliphatic heterocycles. The maximum absolute atomic E-state index is 12.0. The Hall–Kier alpha value is -3.62. The normalized spacial score (nSPS) is 22.2. The number of nitriles is 1. The lowest BCUT2D eigenvalue weighted by Gasteiger charge is -2.36. The first kappa shape index (κ1) is 23.5. The van der Waals surface area contributed by atoms with Gasteiger partial charge >= 0.3 is 0 Å². The van der Waals surface area contributed by atoms with Crippen molar-refractivity contribution in [2.45, 2.75) is 50.4 Å². The van der Waals surface area contributed by atoms with Crippen LogP contribution < -0.4 is 11.1 Å². The van der Waals surface area contributed by atoms with Gasteiger partial charge in [-0.1, -0.05) is 0 Å². The summed E-state index contributed by atoms with van der Waals surface area (Å²) < 4.78 is 19.0. The molecule has 1 saturated heterocycles. The van der Waals surface area contributed by atoms with Crippen LogP contribution in [0.1, 0.15) is 48.5 Å². The summed E-state index contributed by atoms with van der Waals surface area (Å²) in [5, 5.41) is 25.4. The molecule has 4 N–H and O–H groups in total. The van der Waals surface area contributed by atoms with Crippen LogP contribution in [-0.2, 0) is 4.74 Å². The Morgan fingerprint density at radius 2 is 2.03 bits per heavy atom. The second-order valence-electron chi connectivity index (χ2n) is 8.64. The maximum atomic E-state index is 12.0. The van der Waals surface area contributed by atoms with E-state index < -0.39 is 17.7 Å². The molecule has 34 heavy (non-hydrogen) atoms. The van der Waals surface area contributed by atoms with Gasteiger partial charge in [-0.3, -0.25) is 9.78 Å². The van der Waals surface area contributed by atoms with E-state index in [1.54, 1.807) is 22.8 Å². The van der Waals surface area contributed by atoms with E-state index in [1.165, 1.54) is 19.3 Å². The number of alkyl halides is 1. The zero-order valence-electron chi connectivity index (χ0n) is 18.7. The van der Waals surface area contributed by atoms with Crippen molar-refractivity contribution < 1.29 is 19.0 Å². The molecule has 2 unspecified atom stereocenters. The molecule has 1 saturated carbocycles. The zero-order valence-corrected chi connectivity index (χ0v) is 18.7. The molecule has 2 fully saturated rings. The molecule has 178 valence electrons. The van der Waals surface area contributed by atoms with E-state index in [0.717, 1.165) is 12.8 Å². The third kappa shape index (κ3) is 4.98. The summed E-state index contributed by atoms with van der Waals surface area (Å²) in [4.78, 5) is 20.4. The Kier molecular flexibility index (Phi) is 6.72. The third-order valence-corrected chi connectivity index (χ3v) is 6.08. The molecule has 1 aliphatic carbocycles. The number of aromatic nitrogens is 4. The fourth-order valence-corrected chi connectivity index (χ4v) is 3.76. The average Bonchev–Trinajstić information content (AvgIpc) is 3.27. The van der Waals surface area contributed by atoms with E-state index in [4.69, 9.17) is 20.8 Å². The number of nitrogens with zero attached hydrogens (tertiary/aromatic N) is 5. The van der Waals surface area contributed by atoms with Crippen LogP contribution in [0.25, 0.3) is 17.0 Å². The molecular weight excluding hydrogens is 441 g/mol. The van der Waals surface area contributed by atoms with Crippen LogP contribution in [0.15, 0.2) is 30.7 Å². The number of amides is 1. The van der Waals surface area contributed by atoms with Crippen LogP contribution in [-0.4, -0.2) is 61.6 Å². The molecule has 0 aromatic carbocycles. The number of primary amides is 1. The van der Waals surface area contributed by atoms with Gasteiger partial charge in [0, 0.05) is 31.5 Å². The van der Waals surface area contributed by atoms with Crippen molar-refractivity contribution in [2.24, 2.45) is 5.73 Å². The maximum Gasteiger partial charge on any atom is 0.252 e. The smallest absolute Gasteiger partial charge is 0.252 e. The molecule has 2 atom stereocenters. The number of halogens is 1. The predicted molar refractivity (Wildman–Crippen MR) is 122 cm³/mol. The monoisotopic (exact) mass is 467 g/mol. The first-order chi connectivity index (χ1) is 16.3. The first-order valence-corrected chi connectivity index (χ1v) is 11.0. The van der Waals surface area contributed by atoms with E-state index in [9.17, 15) is 9.18 Å². The van der Waals surface area contributed by atoms with Crippen molar-refractivity contribution in [1.82, 2.24) is 19.6 Å². The van der Waals surface area contributed by atoms with Crippen LogP contribution in [0.3, 0.4) is 0 Å². The number of ether oxygens (including phenoxy) is 1. The van der Waals surface area contributed by atoms with Gasteiger partial charge in [-0.15, -0.1) is 0 Å². The van der Waals surface area contributed by atoms with Crippen molar-refractivity contribution in [3.8, 4) is 17.5 Å². The summed E-state index contributed by atoms with van der Waals surface area (Å²) in [6, 6.07) is 5.66. The Bertz CT molecular complexity index is 1230. The highest BCUT2D eigenvalue weighted by atomic mass is 19.1. The predicted octanol–water partition coefficient (Wildman–Crippen LogP) is 2.22. The topological polar surface area (TPSA) is 151 Å². The number of imidazole rings is 1. The molecule has 0 bridgehead atoms. The zero-order chi connectivity index (χ0) is 24.3. The number of fused-ring (bicyclic) bond motifs is 1. The number of pyridine rings is 1. The molecule has 2 aliphatic rings. The molecule has 1 amide bonds. The summed E-state index contributed by atoms with van der Waals surface area (Å²) in [5.74, 6) is -0.543. The van der Waals surface area contributed by atoms with Gasteiger partial charge in [0.15, 0.2) is 5.65 Å². The number of nitrogens with one attached hydrogen (secondary N) is 1. The van der Waals surface area contributed by atoms with E-state index in [-0.39, 0.29) is 6.04 Å². The van der Waals surface area contributed by atoms with Crippen molar-refractivity contribution in [1.29, 1.82) is 5.26 Å². The first-order valence-electron chi connectivity index (χ1n) is 11.0. The van der Waals surface area contributed by atoms with Gasteiger partial charge < -0.3 is 20.9 Å². The second-order valence-corrected chi connectivity index (χ2v) is 8.64. The number of carbonyl (C=O) groups excluding carboxylic acids is 1. The molecule has 5 rings (SSSR count). The van der Waals surface area contributed by atoms with Crippen LogP contribution in [0.5, 0.6) is 0 Å². The molecule has 10 nitrogen and oxygen atoms in total. The van der Waals surface area contributed by atoms with Gasteiger partial charge in [0.1, 0.15) is 17.9 Å². The van der Waals surface area contributed by atoms with Crippen LogP contribution in [0.2, 0.25) is 0 Å². The summed E-state index contributed by atoms with van der Waals surface area (Å²) in [7, 11) is 0. The number of rotatable bonds is 4. The molecule has 4 heterocycles. The molecule has 3 aromatic rings. The standard InChI is InChI=1S/C18H17N7O2.C5H9FO/c19-7-11-5-17-22-10-16(25(17)23-8-11)15-6-14(13(9-21-15)18(20)26)24-12-1-3-27-4-2-12;1-5(7)3-2-4(5)6/h5-6,8-10,12H,1-4H2,(H2,20,26)(H,21,24);4,7H,2-3H2,1H3. The number of nitrogens with two attached hydrogens (primary N) is 1. The van der Waals surface area contributed by atoms with E-state index in [2.05, 4.69) is 20.4 Å². The highest BCUT2D eigenvalue weighted by Crippen LogP contribution is 2.33. The Morgan fingerprint density at radius 3 is 2.62 bits per heavy atom.